The number of thiophene rings is 1. The summed E-state index contributed by atoms with van der Waals surface area (Å²) in [5, 5.41) is 8.75. The van der Waals surface area contributed by atoms with Gasteiger partial charge in [0.25, 0.3) is 0 Å². The van der Waals surface area contributed by atoms with Gasteiger partial charge in [-0.2, -0.15) is 11.8 Å². The van der Waals surface area contributed by atoms with E-state index in [-0.39, 0.29) is 0 Å². The van der Waals surface area contributed by atoms with Gasteiger partial charge >= 0.3 is 0 Å². The minimum absolute atomic E-state index is 0.589. The third-order valence-corrected chi connectivity index (χ3v) is 5.72. The van der Waals surface area contributed by atoms with Gasteiger partial charge in [0.2, 0.25) is 5.95 Å². The number of hydrogen-bond acceptors (Lipinski definition) is 5. The van der Waals surface area contributed by atoms with E-state index < -0.39 is 0 Å². The first-order valence-electron chi connectivity index (χ1n) is 6.43. The van der Waals surface area contributed by atoms with E-state index in [1.165, 1.54) is 27.7 Å². The number of aryl methyl sites for hydroxylation is 1. The van der Waals surface area contributed by atoms with E-state index in [0.717, 1.165) is 11.8 Å². The van der Waals surface area contributed by atoms with Crippen LogP contribution in [-0.4, -0.2) is 39.4 Å². The average molecular weight is 294 g/mol. The summed E-state index contributed by atoms with van der Waals surface area (Å²) in [6, 6.07) is 4.84. The summed E-state index contributed by atoms with van der Waals surface area (Å²) in [6.45, 7) is 2.12. The molecule has 0 radical (unpaired) electrons. The van der Waals surface area contributed by atoms with Crippen molar-refractivity contribution >= 4 is 29.0 Å². The Morgan fingerprint density at radius 3 is 2.84 bits per heavy atom. The fourth-order valence-corrected chi connectivity index (χ4v) is 4.54. The quantitative estimate of drug-likeness (QED) is 0.872. The third kappa shape index (κ3) is 2.39. The lowest BCUT2D eigenvalue weighted by Crippen LogP contribution is -2.33. The number of nitrogens with zero attached hydrogens (tertiary/aromatic N) is 4. The number of hydrogen-bond donors (Lipinski definition) is 0. The maximum atomic E-state index is 4.38. The molecule has 0 aromatic carbocycles. The number of aromatic nitrogens is 3. The minimum Gasteiger partial charge on any atom is -0.340 e. The summed E-state index contributed by atoms with van der Waals surface area (Å²) in [5.41, 5.74) is 0. The molecule has 1 atom stereocenters. The van der Waals surface area contributed by atoms with Crippen molar-refractivity contribution < 1.29 is 0 Å². The summed E-state index contributed by atoms with van der Waals surface area (Å²) in [4.78, 5) is 4.77. The number of thioether (sulfide) groups is 1. The van der Waals surface area contributed by atoms with Gasteiger partial charge in [-0.1, -0.05) is 0 Å². The van der Waals surface area contributed by atoms with Gasteiger partial charge in [-0.15, -0.1) is 21.5 Å². The fraction of sp³-hybridized carbons (Fsp3) is 0.538. The van der Waals surface area contributed by atoms with E-state index >= 15 is 0 Å². The highest BCUT2D eigenvalue weighted by atomic mass is 32.2. The van der Waals surface area contributed by atoms with Gasteiger partial charge in [0.1, 0.15) is 0 Å². The van der Waals surface area contributed by atoms with E-state index in [2.05, 4.69) is 52.8 Å². The van der Waals surface area contributed by atoms with Crippen LogP contribution in [0.25, 0.3) is 10.7 Å². The smallest absolute Gasteiger partial charge is 0.227 e. The maximum Gasteiger partial charge on any atom is 0.227 e. The highest BCUT2D eigenvalue weighted by Gasteiger charge is 2.24. The van der Waals surface area contributed by atoms with Crippen LogP contribution in [-0.2, 0) is 7.05 Å². The Balaban J connectivity index is 1.90. The van der Waals surface area contributed by atoms with Crippen LogP contribution in [0.4, 0.5) is 5.95 Å². The molecule has 2 aromatic heterocycles. The van der Waals surface area contributed by atoms with Crippen LogP contribution in [0.3, 0.4) is 0 Å². The minimum atomic E-state index is 0.589. The molecular weight excluding hydrogens is 276 g/mol. The monoisotopic (exact) mass is 294 g/mol. The van der Waals surface area contributed by atoms with Crippen LogP contribution in [0.15, 0.2) is 12.1 Å². The molecule has 1 aliphatic rings. The average Bonchev–Trinajstić information content (AvgIpc) is 3.08. The summed E-state index contributed by atoms with van der Waals surface area (Å²) in [5.74, 6) is 4.37. The molecule has 2 aromatic rings. The first kappa shape index (κ1) is 13.0. The van der Waals surface area contributed by atoms with E-state index in [4.69, 9.17) is 0 Å². The molecule has 0 bridgehead atoms. The Bertz CT molecular complexity index is 569. The van der Waals surface area contributed by atoms with Gasteiger partial charge in [-0.25, -0.2) is 0 Å². The van der Waals surface area contributed by atoms with Gasteiger partial charge in [0.15, 0.2) is 5.82 Å². The molecule has 1 saturated heterocycles. The zero-order chi connectivity index (χ0) is 13.4. The van der Waals surface area contributed by atoms with Crippen LogP contribution >= 0.6 is 23.1 Å². The topological polar surface area (TPSA) is 34.0 Å². The van der Waals surface area contributed by atoms with E-state index in [0.29, 0.717) is 6.04 Å². The van der Waals surface area contributed by atoms with Crippen molar-refractivity contribution in [1.29, 1.82) is 0 Å². The SMILES string of the molecule is Cc1ccc(-c2nnc(N(C)C3CCSC3)n2C)s1. The molecule has 0 aliphatic carbocycles. The number of anilines is 1. The van der Waals surface area contributed by atoms with Gasteiger partial charge in [0, 0.05) is 30.8 Å². The molecule has 3 heterocycles. The zero-order valence-electron chi connectivity index (χ0n) is 11.5. The van der Waals surface area contributed by atoms with E-state index in [1.54, 1.807) is 11.3 Å². The molecule has 1 unspecified atom stereocenters. The van der Waals surface area contributed by atoms with Crippen LogP contribution < -0.4 is 4.90 Å². The van der Waals surface area contributed by atoms with Crippen LogP contribution in [0.1, 0.15) is 11.3 Å². The lowest BCUT2D eigenvalue weighted by atomic mass is 10.2. The molecule has 0 saturated carbocycles. The van der Waals surface area contributed by atoms with Crippen molar-refractivity contribution in [3.05, 3.63) is 17.0 Å². The normalized spacial score (nSPS) is 19.0. The summed E-state index contributed by atoms with van der Waals surface area (Å²) < 4.78 is 2.11. The van der Waals surface area contributed by atoms with Crippen molar-refractivity contribution in [3.8, 4) is 10.7 Å². The Hall–Kier alpha value is -1.01. The Morgan fingerprint density at radius 2 is 2.21 bits per heavy atom. The van der Waals surface area contributed by atoms with Crippen molar-refractivity contribution in [2.45, 2.75) is 19.4 Å². The first-order chi connectivity index (χ1) is 9.16. The molecule has 6 heteroatoms. The van der Waals surface area contributed by atoms with E-state index in [1.807, 2.05) is 11.8 Å². The lowest BCUT2D eigenvalue weighted by Gasteiger charge is -2.24. The molecule has 1 fully saturated rings. The van der Waals surface area contributed by atoms with Gasteiger partial charge in [0.05, 0.1) is 4.88 Å². The molecule has 19 heavy (non-hydrogen) atoms. The Kier molecular flexibility index (Phi) is 3.54. The summed E-state index contributed by atoms with van der Waals surface area (Å²) in [7, 11) is 4.18. The second-order valence-corrected chi connectivity index (χ2v) is 7.36. The maximum absolute atomic E-state index is 4.38. The standard InChI is InChI=1S/C13H18N4S2/c1-9-4-5-11(19-9)12-14-15-13(17(12)3)16(2)10-6-7-18-8-10/h4-5,10H,6-8H2,1-3H3. The van der Waals surface area contributed by atoms with Crippen molar-refractivity contribution in [2.24, 2.45) is 7.05 Å². The molecule has 102 valence electrons. The summed E-state index contributed by atoms with van der Waals surface area (Å²) in [6.07, 6.45) is 1.24. The van der Waals surface area contributed by atoms with Gasteiger partial charge in [-0.05, 0) is 31.2 Å². The largest absolute Gasteiger partial charge is 0.340 e. The van der Waals surface area contributed by atoms with Crippen molar-refractivity contribution in [2.75, 3.05) is 23.5 Å². The molecular formula is C13H18N4S2. The summed E-state index contributed by atoms with van der Waals surface area (Å²) >= 11 is 3.79. The second-order valence-electron chi connectivity index (χ2n) is 4.92. The molecule has 3 rings (SSSR count). The first-order valence-corrected chi connectivity index (χ1v) is 8.40. The molecule has 0 spiro atoms. The second kappa shape index (κ2) is 5.17. The predicted molar refractivity (Wildman–Crippen MR) is 83.2 cm³/mol. The predicted octanol–water partition coefficient (Wildman–Crippen LogP) is 2.79. The van der Waals surface area contributed by atoms with Crippen molar-refractivity contribution in [3.63, 3.8) is 0 Å². The van der Waals surface area contributed by atoms with Crippen molar-refractivity contribution in [1.82, 2.24) is 14.8 Å². The van der Waals surface area contributed by atoms with Gasteiger partial charge in [-0.3, -0.25) is 4.57 Å². The highest BCUT2D eigenvalue weighted by molar-refractivity contribution is 7.99. The third-order valence-electron chi connectivity index (χ3n) is 3.58. The highest BCUT2D eigenvalue weighted by Crippen LogP contribution is 2.30. The fourth-order valence-electron chi connectivity index (χ4n) is 2.39. The lowest BCUT2D eigenvalue weighted by molar-refractivity contribution is 0.666. The Morgan fingerprint density at radius 1 is 1.37 bits per heavy atom. The molecule has 1 aliphatic heterocycles. The van der Waals surface area contributed by atoms with Gasteiger partial charge < -0.3 is 4.90 Å². The molecule has 0 N–H and O–H groups in total. The van der Waals surface area contributed by atoms with Crippen LogP contribution in [0.5, 0.6) is 0 Å². The van der Waals surface area contributed by atoms with Crippen LogP contribution in [0.2, 0.25) is 0 Å². The van der Waals surface area contributed by atoms with Crippen LogP contribution in [0, 0.1) is 6.92 Å². The zero-order valence-corrected chi connectivity index (χ0v) is 13.1. The number of rotatable bonds is 3. The Labute approximate surface area is 121 Å². The van der Waals surface area contributed by atoms with E-state index in [9.17, 15) is 0 Å². The molecule has 4 nitrogen and oxygen atoms in total. The molecule has 0 amide bonds.